The van der Waals surface area contributed by atoms with Crippen LogP contribution in [0.15, 0.2) is 24.3 Å². The van der Waals surface area contributed by atoms with E-state index in [1.54, 1.807) is 0 Å². The monoisotopic (exact) mass is 356 g/mol. The lowest BCUT2D eigenvalue weighted by Gasteiger charge is -2.29. The zero-order valence-electron chi connectivity index (χ0n) is 16.8. The van der Waals surface area contributed by atoms with Crippen LogP contribution < -0.4 is 0 Å². The summed E-state index contributed by atoms with van der Waals surface area (Å²) in [5, 5.41) is 0. The zero-order chi connectivity index (χ0) is 18.8. The Bertz CT molecular complexity index is 550. The molecule has 0 aliphatic heterocycles. The molecule has 2 nitrogen and oxygen atoms in total. The second-order valence-corrected chi connectivity index (χ2v) is 8.08. The van der Waals surface area contributed by atoms with Crippen molar-refractivity contribution in [3.8, 4) is 0 Å². The maximum atomic E-state index is 12.3. The molecule has 144 valence electrons. The van der Waals surface area contributed by atoms with Crippen molar-refractivity contribution in [1.82, 2.24) is 0 Å². The van der Waals surface area contributed by atoms with Gasteiger partial charge in [-0.25, -0.2) is 0 Å². The first-order chi connectivity index (χ1) is 12.6. The average molecular weight is 357 g/mol. The Balaban J connectivity index is 1.80. The van der Waals surface area contributed by atoms with Gasteiger partial charge in [-0.3, -0.25) is 9.59 Å². The molecule has 0 unspecified atom stereocenters. The number of benzene rings is 1. The number of Topliss-reactive ketones (excluding diaryl/α,β-unsaturated/α-hetero) is 2. The van der Waals surface area contributed by atoms with Crippen LogP contribution in [0.3, 0.4) is 0 Å². The smallest absolute Gasteiger partial charge is 0.170 e. The van der Waals surface area contributed by atoms with Gasteiger partial charge >= 0.3 is 0 Å². The molecule has 0 spiro atoms. The molecule has 0 N–H and O–H groups in total. The number of carbonyl (C=O) groups is 2. The van der Waals surface area contributed by atoms with E-state index >= 15 is 0 Å². The van der Waals surface area contributed by atoms with Crippen molar-refractivity contribution in [1.29, 1.82) is 0 Å². The molecule has 1 fully saturated rings. The van der Waals surface area contributed by atoms with Crippen LogP contribution in [0.4, 0.5) is 0 Å². The van der Waals surface area contributed by atoms with Crippen molar-refractivity contribution in [3.05, 3.63) is 35.4 Å². The maximum Gasteiger partial charge on any atom is 0.170 e. The summed E-state index contributed by atoms with van der Waals surface area (Å²) < 4.78 is 0. The van der Waals surface area contributed by atoms with Crippen LogP contribution in [0.2, 0.25) is 0 Å². The fourth-order valence-electron chi connectivity index (χ4n) is 4.15. The number of rotatable bonds is 11. The molecule has 0 radical (unpaired) electrons. The van der Waals surface area contributed by atoms with E-state index in [4.69, 9.17) is 0 Å². The van der Waals surface area contributed by atoms with Gasteiger partial charge in [0, 0.05) is 12.0 Å². The lowest BCUT2D eigenvalue weighted by Crippen LogP contribution is -2.13. The van der Waals surface area contributed by atoms with Crippen molar-refractivity contribution < 1.29 is 9.59 Å². The third-order valence-electron chi connectivity index (χ3n) is 5.93. The van der Waals surface area contributed by atoms with Gasteiger partial charge in [-0.2, -0.15) is 0 Å². The summed E-state index contributed by atoms with van der Waals surface area (Å²) in [6.45, 7) is 4.33. The summed E-state index contributed by atoms with van der Waals surface area (Å²) in [5.74, 6) is 1.61. The van der Waals surface area contributed by atoms with Gasteiger partial charge in [-0.1, -0.05) is 70.2 Å². The minimum absolute atomic E-state index is 0.0303. The number of ketones is 2. The number of carbonyl (C=O) groups excluding carboxylic acids is 2. The summed E-state index contributed by atoms with van der Waals surface area (Å²) in [4.78, 5) is 24.1. The van der Waals surface area contributed by atoms with Crippen LogP contribution in [0.5, 0.6) is 0 Å². The first kappa shape index (κ1) is 20.9. The molecule has 2 rings (SSSR count). The Morgan fingerprint density at radius 1 is 0.885 bits per heavy atom. The van der Waals surface area contributed by atoms with E-state index in [9.17, 15) is 9.59 Å². The van der Waals surface area contributed by atoms with E-state index in [-0.39, 0.29) is 18.0 Å². The van der Waals surface area contributed by atoms with E-state index in [0.717, 1.165) is 18.8 Å². The number of hydrogen-bond donors (Lipinski definition) is 0. The van der Waals surface area contributed by atoms with E-state index < -0.39 is 0 Å². The molecule has 1 aromatic rings. The Labute approximate surface area is 159 Å². The topological polar surface area (TPSA) is 34.1 Å². The van der Waals surface area contributed by atoms with E-state index in [1.165, 1.54) is 56.9 Å². The second-order valence-electron chi connectivity index (χ2n) is 8.08. The maximum absolute atomic E-state index is 12.3. The quantitative estimate of drug-likeness (QED) is 0.246. The summed E-state index contributed by atoms with van der Waals surface area (Å²) in [6, 6.07) is 8.09. The molecule has 0 heterocycles. The molecule has 1 aliphatic rings. The first-order valence-corrected chi connectivity index (χ1v) is 10.8. The van der Waals surface area contributed by atoms with Crippen LogP contribution in [0.1, 0.15) is 113 Å². The molecule has 2 heteroatoms. The fourth-order valence-corrected chi connectivity index (χ4v) is 4.15. The zero-order valence-corrected chi connectivity index (χ0v) is 16.8. The van der Waals surface area contributed by atoms with Gasteiger partial charge in [-0.05, 0) is 49.5 Å². The highest BCUT2D eigenvalue weighted by Gasteiger charge is 2.22. The van der Waals surface area contributed by atoms with Gasteiger partial charge in [-0.15, -0.1) is 0 Å². The third kappa shape index (κ3) is 6.70. The second kappa shape index (κ2) is 11.3. The summed E-state index contributed by atoms with van der Waals surface area (Å²) in [7, 11) is 0. The average Bonchev–Trinajstić information content (AvgIpc) is 2.67. The lowest BCUT2D eigenvalue weighted by molar-refractivity contribution is -0.118. The molecular formula is C24H36O2. The van der Waals surface area contributed by atoms with Gasteiger partial charge in [0.2, 0.25) is 0 Å². The molecule has 0 atom stereocenters. The van der Waals surface area contributed by atoms with Crippen LogP contribution >= 0.6 is 0 Å². The minimum atomic E-state index is -0.0303. The molecule has 1 saturated carbocycles. The van der Waals surface area contributed by atoms with Crippen LogP contribution in [0, 0.1) is 5.92 Å². The van der Waals surface area contributed by atoms with Crippen LogP contribution in [-0.4, -0.2) is 11.6 Å². The molecular weight excluding hydrogens is 320 g/mol. The number of unbranched alkanes of at least 4 members (excludes halogenated alkanes) is 3. The Kier molecular flexibility index (Phi) is 9.08. The summed E-state index contributed by atoms with van der Waals surface area (Å²) >= 11 is 0. The molecule has 0 amide bonds. The minimum Gasteiger partial charge on any atom is -0.299 e. The molecule has 0 aromatic heterocycles. The highest BCUT2D eigenvalue weighted by molar-refractivity contribution is 6.07. The predicted octanol–water partition coefficient (Wildman–Crippen LogP) is 6.87. The Morgan fingerprint density at radius 2 is 1.54 bits per heavy atom. The molecule has 0 bridgehead atoms. The van der Waals surface area contributed by atoms with Crippen molar-refractivity contribution in [2.45, 2.75) is 96.8 Å². The fraction of sp³-hybridized carbons (Fsp3) is 0.667. The summed E-state index contributed by atoms with van der Waals surface area (Å²) in [6.07, 6.45) is 13.2. The molecule has 26 heavy (non-hydrogen) atoms. The molecule has 1 aromatic carbocycles. The van der Waals surface area contributed by atoms with Crippen LogP contribution in [0.25, 0.3) is 0 Å². The highest BCUT2D eigenvalue weighted by atomic mass is 16.1. The summed E-state index contributed by atoms with van der Waals surface area (Å²) in [5.41, 5.74) is 2.05. The Morgan fingerprint density at radius 3 is 2.15 bits per heavy atom. The lowest BCUT2D eigenvalue weighted by atomic mass is 9.77. The van der Waals surface area contributed by atoms with Gasteiger partial charge in [0.25, 0.3) is 0 Å². The van der Waals surface area contributed by atoms with E-state index in [0.29, 0.717) is 17.9 Å². The van der Waals surface area contributed by atoms with Crippen molar-refractivity contribution in [2.75, 3.05) is 0 Å². The van der Waals surface area contributed by atoms with E-state index in [1.807, 2.05) is 12.1 Å². The van der Waals surface area contributed by atoms with Gasteiger partial charge in [0.05, 0.1) is 6.42 Å². The van der Waals surface area contributed by atoms with Crippen molar-refractivity contribution >= 4 is 11.6 Å². The largest absolute Gasteiger partial charge is 0.299 e. The SMILES string of the molecule is CCCCCC1CCC(c2ccc(C(=O)CC(=O)CCCC)cc2)CC1. The molecule has 1 aliphatic carbocycles. The van der Waals surface area contributed by atoms with Crippen molar-refractivity contribution in [3.63, 3.8) is 0 Å². The Hall–Kier alpha value is -1.44. The highest BCUT2D eigenvalue weighted by Crippen LogP contribution is 2.37. The van der Waals surface area contributed by atoms with E-state index in [2.05, 4.69) is 26.0 Å². The van der Waals surface area contributed by atoms with Crippen LogP contribution in [-0.2, 0) is 4.79 Å². The van der Waals surface area contributed by atoms with Crippen molar-refractivity contribution in [2.24, 2.45) is 5.92 Å². The first-order valence-electron chi connectivity index (χ1n) is 10.8. The number of hydrogen-bond acceptors (Lipinski definition) is 2. The third-order valence-corrected chi connectivity index (χ3v) is 5.93. The predicted molar refractivity (Wildman–Crippen MR) is 109 cm³/mol. The standard InChI is InChI=1S/C24H36O2/c1-3-5-7-8-19-10-12-20(13-11-19)21-14-16-22(17-15-21)24(26)18-23(25)9-6-4-2/h14-17,19-20H,3-13,18H2,1-2H3. The molecule has 0 saturated heterocycles. The van der Waals surface area contributed by atoms with Gasteiger partial charge < -0.3 is 0 Å². The van der Waals surface area contributed by atoms with Gasteiger partial charge in [0.15, 0.2) is 5.78 Å². The van der Waals surface area contributed by atoms with Gasteiger partial charge in [0.1, 0.15) is 5.78 Å². The normalized spacial score (nSPS) is 20.1.